The molecule has 2 bridgehead atoms. The summed E-state index contributed by atoms with van der Waals surface area (Å²) >= 11 is 0. The fourth-order valence-corrected chi connectivity index (χ4v) is 8.69. The van der Waals surface area contributed by atoms with Crippen molar-refractivity contribution in [3.63, 3.8) is 0 Å². The van der Waals surface area contributed by atoms with Gasteiger partial charge in [-0.2, -0.15) is 0 Å². The fraction of sp³-hybridized carbons (Fsp3) is 0.639. The zero-order valence-corrected chi connectivity index (χ0v) is 28.0. The standard InChI is InChI=1S/C36H53N3O5/c1-11-18-37(10)30(41)27-28-31(42)39(26(22-40)20-25-16-14-13-15-17-25)29(36(28)21-24(3)35(27,9)44-36)32(43)38(19-12-2)34(7,8)23-33(4,5)6/h11-17,24,26-29,40H,1-2,18-23H2,3-10H3/t24?,26-,27+,28+,29?,35-,36?/m1/s1. The van der Waals surface area contributed by atoms with E-state index >= 15 is 4.79 Å². The molecule has 1 N–H and O–H groups in total. The van der Waals surface area contributed by atoms with Crippen LogP contribution < -0.4 is 0 Å². The Hall–Kier alpha value is -2.97. The monoisotopic (exact) mass is 607 g/mol. The molecule has 1 aromatic rings. The van der Waals surface area contributed by atoms with Gasteiger partial charge in [0.05, 0.1) is 30.1 Å². The number of hydrogen-bond donors (Lipinski definition) is 1. The number of carbonyl (C=O) groups excluding carboxylic acids is 3. The number of benzene rings is 1. The van der Waals surface area contributed by atoms with Crippen LogP contribution in [0.15, 0.2) is 55.6 Å². The third kappa shape index (κ3) is 5.64. The first-order valence-electron chi connectivity index (χ1n) is 15.9. The molecule has 8 heteroatoms. The molecule has 0 saturated carbocycles. The van der Waals surface area contributed by atoms with Gasteiger partial charge in [0.2, 0.25) is 17.7 Å². The van der Waals surface area contributed by atoms with Gasteiger partial charge >= 0.3 is 0 Å². The van der Waals surface area contributed by atoms with E-state index in [1.165, 1.54) is 0 Å². The third-order valence-corrected chi connectivity index (χ3v) is 10.2. The Morgan fingerprint density at radius 1 is 1.11 bits per heavy atom. The van der Waals surface area contributed by atoms with Gasteiger partial charge in [-0.15, -0.1) is 13.2 Å². The molecule has 3 aliphatic heterocycles. The van der Waals surface area contributed by atoms with Crippen molar-refractivity contribution in [2.45, 2.75) is 96.6 Å². The Balaban J connectivity index is 1.90. The molecule has 3 heterocycles. The van der Waals surface area contributed by atoms with Crippen molar-refractivity contribution < 1.29 is 24.2 Å². The molecule has 0 aromatic heterocycles. The van der Waals surface area contributed by atoms with Crippen molar-refractivity contribution in [1.82, 2.24) is 14.7 Å². The second kappa shape index (κ2) is 12.1. The number of likely N-dealkylation sites (N-methyl/N-ethyl adjacent to an activating group) is 1. The fourth-order valence-electron chi connectivity index (χ4n) is 8.69. The number of aliphatic hydroxyl groups excluding tert-OH is 1. The molecule has 3 fully saturated rings. The first kappa shape index (κ1) is 33.9. The number of amides is 3. The SMILES string of the molecule is C=CCN(C)C(=O)[C@@H]1[C@H]2C(=O)N([C@@H](CO)Cc3ccccc3)C(C(=O)N(CC=C)C(C)(C)CC(C)(C)C)C23CC(C)[C@@]1(C)O3. The largest absolute Gasteiger partial charge is 0.394 e. The molecule has 7 atom stereocenters. The van der Waals surface area contributed by atoms with Crippen molar-refractivity contribution >= 4 is 17.7 Å². The van der Waals surface area contributed by atoms with Crippen LogP contribution in [0.2, 0.25) is 0 Å². The average molecular weight is 608 g/mol. The Labute approximate surface area is 264 Å². The highest BCUT2D eigenvalue weighted by Gasteiger charge is 2.80. The summed E-state index contributed by atoms with van der Waals surface area (Å²) in [4.78, 5) is 49.1. The first-order chi connectivity index (χ1) is 20.5. The van der Waals surface area contributed by atoms with Gasteiger partial charge in [-0.1, -0.05) is 70.2 Å². The van der Waals surface area contributed by atoms with Crippen LogP contribution in [0.25, 0.3) is 0 Å². The van der Waals surface area contributed by atoms with Crippen LogP contribution in [-0.2, 0) is 25.5 Å². The summed E-state index contributed by atoms with van der Waals surface area (Å²) < 4.78 is 6.98. The normalized spacial score (nSPS) is 30.2. The van der Waals surface area contributed by atoms with Crippen LogP contribution in [0.5, 0.6) is 0 Å². The number of hydrogen-bond acceptors (Lipinski definition) is 5. The Morgan fingerprint density at radius 3 is 2.27 bits per heavy atom. The number of fused-ring (bicyclic) bond motifs is 1. The minimum atomic E-state index is -1.21. The molecule has 8 nitrogen and oxygen atoms in total. The average Bonchev–Trinajstić information content (AvgIpc) is 3.45. The topological polar surface area (TPSA) is 90.4 Å². The maximum absolute atomic E-state index is 15.2. The van der Waals surface area contributed by atoms with E-state index in [9.17, 15) is 14.7 Å². The summed E-state index contributed by atoms with van der Waals surface area (Å²) in [6, 6.07) is 7.99. The summed E-state index contributed by atoms with van der Waals surface area (Å²) in [6.45, 7) is 22.6. The Bertz CT molecular complexity index is 1270. The maximum atomic E-state index is 15.2. The van der Waals surface area contributed by atoms with Gasteiger partial charge < -0.3 is 24.5 Å². The summed E-state index contributed by atoms with van der Waals surface area (Å²) in [5.41, 5.74) is -1.84. The van der Waals surface area contributed by atoms with Gasteiger partial charge in [0.25, 0.3) is 0 Å². The van der Waals surface area contributed by atoms with Crippen LogP contribution in [0.4, 0.5) is 0 Å². The van der Waals surface area contributed by atoms with E-state index in [0.717, 1.165) is 5.56 Å². The Morgan fingerprint density at radius 2 is 1.73 bits per heavy atom. The molecule has 44 heavy (non-hydrogen) atoms. The van der Waals surface area contributed by atoms with Crippen LogP contribution >= 0.6 is 0 Å². The van der Waals surface area contributed by atoms with Gasteiger partial charge in [0, 0.05) is 25.7 Å². The van der Waals surface area contributed by atoms with Gasteiger partial charge in [-0.05, 0) is 56.9 Å². The third-order valence-electron chi connectivity index (χ3n) is 10.2. The lowest BCUT2D eigenvalue weighted by molar-refractivity contribution is -0.160. The quantitative estimate of drug-likeness (QED) is 0.354. The van der Waals surface area contributed by atoms with E-state index in [-0.39, 0.29) is 35.7 Å². The van der Waals surface area contributed by atoms with E-state index in [2.05, 4.69) is 47.8 Å². The zero-order valence-electron chi connectivity index (χ0n) is 28.0. The predicted octanol–water partition coefficient (Wildman–Crippen LogP) is 4.47. The van der Waals surface area contributed by atoms with Crippen LogP contribution in [-0.4, -0.2) is 93.1 Å². The molecule has 1 aromatic carbocycles. The van der Waals surface area contributed by atoms with Gasteiger partial charge in [0.15, 0.2) is 0 Å². The van der Waals surface area contributed by atoms with Crippen molar-refractivity contribution in [3.8, 4) is 0 Å². The van der Waals surface area contributed by atoms with Crippen molar-refractivity contribution in [2.24, 2.45) is 23.2 Å². The Kier molecular flexibility index (Phi) is 9.32. The number of nitrogens with zero attached hydrogens (tertiary/aromatic N) is 3. The van der Waals surface area contributed by atoms with E-state index in [4.69, 9.17) is 4.74 Å². The molecule has 3 saturated heterocycles. The number of carbonyl (C=O) groups is 3. The first-order valence-corrected chi connectivity index (χ1v) is 15.9. The smallest absolute Gasteiger partial charge is 0.249 e. The molecule has 242 valence electrons. The highest BCUT2D eigenvalue weighted by atomic mass is 16.5. The van der Waals surface area contributed by atoms with Gasteiger partial charge in [0.1, 0.15) is 11.6 Å². The van der Waals surface area contributed by atoms with E-state index in [1.54, 1.807) is 29.0 Å². The van der Waals surface area contributed by atoms with Crippen LogP contribution in [0.1, 0.15) is 66.9 Å². The molecule has 3 aliphatic rings. The van der Waals surface area contributed by atoms with Gasteiger partial charge in [-0.3, -0.25) is 14.4 Å². The minimum Gasteiger partial charge on any atom is -0.394 e. The number of rotatable bonds is 12. The van der Waals surface area contributed by atoms with Crippen molar-refractivity contribution in [1.29, 1.82) is 0 Å². The maximum Gasteiger partial charge on any atom is 0.249 e. The number of ether oxygens (including phenoxy) is 1. The highest BCUT2D eigenvalue weighted by Crippen LogP contribution is 2.66. The minimum absolute atomic E-state index is 0.0757. The lowest BCUT2D eigenvalue weighted by atomic mass is 9.62. The summed E-state index contributed by atoms with van der Waals surface area (Å²) in [5.74, 6) is -2.41. The van der Waals surface area contributed by atoms with E-state index in [0.29, 0.717) is 32.4 Å². The second-order valence-corrected chi connectivity index (χ2v) is 15.3. The molecule has 0 radical (unpaired) electrons. The molecular formula is C36H53N3O5. The van der Waals surface area contributed by atoms with Crippen LogP contribution in [0.3, 0.4) is 0 Å². The van der Waals surface area contributed by atoms with Crippen LogP contribution in [0, 0.1) is 23.2 Å². The predicted molar refractivity (Wildman–Crippen MR) is 173 cm³/mol. The molecule has 4 rings (SSSR count). The van der Waals surface area contributed by atoms with E-state index < -0.39 is 40.7 Å². The molecule has 3 unspecified atom stereocenters. The van der Waals surface area contributed by atoms with E-state index in [1.807, 2.05) is 49.1 Å². The summed E-state index contributed by atoms with van der Waals surface area (Å²) in [5, 5.41) is 10.8. The molecule has 3 amide bonds. The number of likely N-dealkylation sites (tertiary alicyclic amines) is 1. The van der Waals surface area contributed by atoms with Gasteiger partial charge in [-0.25, -0.2) is 0 Å². The molecule has 0 aliphatic carbocycles. The number of aliphatic hydroxyl groups is 1. The lowest BCUT2D eigenvalue weighted by Crippen LogP contribution is -2.63. The summed E-state index contributed by atoms with van der Waals surface area (Å²) in [7, 11) is 1.71. The molecular weight excluding hydrogens is 554 g/mol. The van der Waals surface area contributed by atoms with Crippen molar-refractivity contribution in [2.75, 3.05) is 26.7 Å². The lowest BCUT2D eigenvalue weighted by Gasteiger charge is -2.46. The second-order valence-electron chi connectivity index (χ2n) is 15.3. The summed E-state index contributed by atoms with van der Waals surface area (Å²) in [6.07, 6.45) is 4.93. The zero-order chi connectivity index (χ0) is 32.8. The highest BCUT2D eigenvalue weighted by molar-refractivity contribution is 5.99. The molecule has 1 spiro atoms. The van der Waals surface area contributed by atoms with Crippen molar-refractivity contribution in [3.05, 3.63) is 61.2 Å².